The fourth-order valence-electron chi connectivity index (χ4n) is 3.43. The summed E-state index contributed by atoms with van der Waals surface area (Å²) in [5.74, 6) is -0.218. The number of halogens is 2. The molecule has 0 saturated carbocycles. The van der Waals surface area contributed by atoms with Crippen LogP contribution in [0.15, 0.2) is 60.8 Å². The molecule has 4 aromatic rings. The molecule has 130 valence electrons. The van der Waals surface area contributed by atoms with Gasteiger partial charge in [0.15, 0.2) is 0 Å². The molecule has 0 aliphatic carbocycles. The molecule has 0 aliphatic rings. The molecule has 0 saturated heterocycles. The largest absolute Gasteiger partial charge is 0.338 e. The Morgan fingerprint density at radius 1 is 1.04 bits per heavy atom. The summed E-state index contributed by atoms with van der Waals surface area (Å²) in [6.45, 7) is 4.81. The lowest BCUT2D eigenvalue weighted by Crippen LogP contribution is -2.03. The number of rotatable bonds is 3. The van der Waals surface area contributed by atoms with E-state index in [0.29, 0.717) is 11.6 Å². The summed E-state index contributed by atoms with van der Waals surface area (Å²) in [6, 6.07) is 16.5. The molecule has 0 fully saturated rings. The second-order valence-electron chi connectivity index (χ2n) is 6.49. The van der Waals surface area contributed by atoms with E-state index >= 15 is 0 Å². The van der Waals surface area contributed by atoms with Gasteiger partial charge in [0.05, 0.1) is 11.2 Å². The first kappa shape index (κ1) is 16.8. The highest BCUT2D eigenvalue weighted by atomic mass is 35.5. The summed E-state index contributed by atoms with van der Waals surface area (Å²) in [5, 5.41) is 1.86. The summed E-state index contributed by atoms with van der Waals surface area (Å²) in [5.41, 5.74) is 6.29. The van der Waals surface area contributed by atoms with Crippen LogP contribution in [-0.4, -0.2) is 9.55 Å². The number of aryl methyl sites for hydroxylation is 1. The number of nitrogens with zero attached hydrogens (tertiary/aromatic N) is 2. The van der Waals surface area contributed by atoms with Crippen molar-refractivity contribution in [3.63, 3.8) is 0 Å². The molecule has 26 heavy (non-hydrogen) atoms. The van der Waals surface area contributed by atoms with Gasteiger partial charge in [-0.15, -0.1) is 0 Å². The fraction of sp³-hybridized carbons (Fsp3) is 0.136. The van der Waals surface area contributed by atoms with Crippen LogP contribution >= 0.6 is 11.6 Å². The van der Waals surface area contributed by atoms with E-state index in [4.69, 9.17) is 11.6 Å². The summed E-state index contributed by atoms with van der Waals surface area (Å²) in [7, 11) is 0. The molecule has 4 heteroatoms. The van der Waals surface area contributed by atoms with Gasteiger partial charge < -0.3 is 4.57 Å². The first-order valence-corrected chi connectivity index (χ1v) is 8.87. The van der Waals surface area contributed by atoms with Crippen LogP contribution in [0.4, 0.5) is 4.39 Å². The lowest BCUT2D eigenvalue weighted by molar-refractivity contribution is 0.623. The maximum atomic E-state index is 13.6. The molecule has 0 N–H and O–H groups in total. The van der Waals surface area contributed by atoms with E-state index in [-0.39, 0.29) is 5.82 Å². The SMILES string of the molecule is Cc1c(C)n(Cc2cccc(F)c2)c2c(-c3ccc(Cl)cc3)nccc12. The third kappa shape index (κ3) is 2.89. The van der Waals surface area contributed by atoms with E-state index in [1.54, 1.807) is 12.1 Å². The van der Waals surface area contributed by atoms with Crippen molar-refractivity contribution in [3.8, 4) is 11.3 Å². The molecule has 0 unspecified atom stereocenters. The van der Waals surface area contributed by atoms with Gasteiger partial charge >= 0.3 is 0 Å². The lowest BCUT2D eigenvalue weighted by Gasteiger charge is -2.12. The predicted octanol–water partition coefficient (Wildman–Crippen LogP) is 6.16. The van der Waals surface area contributed by atoms with Gasteiger partial charge in [-0.1, -0.05) is 35.9 Å². The van der Waals surface area contributed by atoms with Crippen LogP contribution in [0.5, 0.6) is 0 Å². The normalized spacial score (nSPS) is 11.2. The van der Waals surface area contributed by atoms with Crippen molar-refractivity contribution in [2.45, 2.75) is 20.4 Å². The van der Waals surface area contributed by atoms with Gasteiger partial charge in [-0.05, 0) is 55.3 Å². The minimum Gasteiger partial charge on any atom is -0.338 e. The Morgan fingerprint density at radius 3 is 2.54 bits per heavy atom. The Kier molecular flexibility index (Phi) is 4.25. The smallest absolute Gasteiger partial charge is 0.123 e. The molecular weight excluding hydrogens is 347 g/mol. The molecule has 0 aliphatic heterocycles. The molecule has 2 heterocycles. The minimum absolute atomic E-state index is 0.218. The monoisotopic (exact) mass is 364 g/mol. The van der Waals surface area contributed by atoms with Crippen LogP contribution < -0.4 is 0 Å². The Hall–Kier alpha value is -2.65. The maximum absolute atomic E-state index is 13.6. The van der Waals surface area contributed by atoms with Crippen LogP contribution in [-0.2, 0) is 6.54 Å². The Balaban J connectivity index is 1.94. The topological polar surface area (TPSA) is 17.8 Å². The van der Waals surface area contributed by atoms with Crippen LogP contribution in [0.3, 0.4) is 0 Å². The molecule has 0 amide bonds. The van der Waals surface area contributed by atoms with E-state index in [2.05, 4.69) is 23.4 Å². The minimum atomic E-state index is -0.218. The molecule has 4 rings (SSSR count). The average Bonchev–Trinajstić information content (AvgIpc) is 2.88. The third-order valence-electron chi connectivity index (χ3n) is 4.89. The summed E-state index contributed by atoms with van der Waals surface area (Å²) in [4.78, 5) is 4.64. The van der Waals surface area contributed by atoms with Crippen molar-refractivity contribution >= 4 is 22.5 Å². The van der Waals surface area contributed by atoms with Crippen molar-refractivity contribution in [1.82, 2.24) is 9.55 Å². The van der Waals surface area contributed by atoms with Crippen molar-refractivity contribution in [1.29, 1.82) is 0 Å². The standard InChI is InChI=1S/C22H18ClFN2/c1-14-15(2)26(13-16-4-3-5-19(24)12-16)22-20(14)10-11-25-21(22)17-6-8-18(23)9-7-17/h3-12H,13H2,1-2H3. The zero-order chi connectivity index (χ0) is 18.3. The van der Waals surface area contributed by atoms with E-state index < -0.39 is 0 Å². The van der Waals surface area contributed by atoms with E-state index in [1.807, 2.05) is 42.6 Å². The number of pyridine rings is 1. The third-order valence-corrected chi connectivity index (χ3v) is 5.15. The fourth-order valence-corrected chi connectivity index (χ4v) is 3.56. The van der Waals surface area contributed by atoms with Gasteiger partial charge in [0.25, 0.3) is 0 Å². The molecule has 0 radical (unpaired) electrons. The number of hydrogen-bond donors (Lipinski definition) is 0. The molecule has 0 bridgehead atoms. The highest BCUT2D eigenvalue weighted by Crippen LogP contribution is 2.33. The average molecular weight is 365 g/mol. The number of benzene rings is 2. The predicted molar refractivity (Wildman–Crippen MR) is 105 cm³/mol. The highest BCUT2D eigenvalue weighted by Gasteiger charge is 2.16. The van der Waals surface area contributed by atoms with Crippen molar-refractivity contribution in [2.75, 3.05) is 0 Å². The molecule has 2 aromatic heterocycles. The lowest BCUT2D eigenvalue weighted by atomic mass is 10.1. The van der Waals surface area contributed by atoms with E-state index in [9.17, 15) is 4.39 Å². The number of hydrogen-bond acceptors (Lipinski definition) is 1. The molecule has 0 atom stereocenters. The maximum Gasteiger partial charge on any atom is 0.123 e. The van der Waals surface area contributed by atoms with Crippen molar-refractivity contribution in [2.24, 2.45) is 0 Å². The van der Waals surface area contributed by atoms with Crippen LogP contribution in [0, 0.1) is 19.7 Å². The zero-order valence-corrected chi connectivity index (χ0v) is 15.4. The van der Waals surface area contributed by atoms with Gasteiger partial charge in [-0.25, -0.2) is 4.39 Å². The zero-order valence-electron chi connectivity index (χ0n) is 14.6. The van der Waals surface area contributed by atoms with Gasteiger partial charge in [-0.2, -0.15) is 0 Å². The summed E-state index contributed by atoms with van der Waals surface area (Å²) >= 11 is 6.04. The Morgan fingerprint density at radius 2 is 1.81 bits per heavy atom. The summed E-state index contributed by atoms with van der Waals surface area (Å²) < 4.78 is 15.9. The summed E-state index contributed by atoms with van der Waals surface area (Å²) in [6.07, 6.45) is 1.84. The Bertz CT molecular complexity index is 1100. The van der Waals surface area contributed by atoms with Crippen LogP contribution in [0.25, 0.3) is 22.2 Å². The van der Waals surface area contributed by atoms with Crippen LogP contribution in [0.2, 0.25) is 5.02 Å². The molecule has 0 spiro atoms. The molecular formula is C22H18ClFN2. The number of fused-ring (bicyclic) bond motifs is 1. The van der Waals surface area contributed by atoms with E-state index in [1.165, 1.54) is 17.0 Å². The van der Waals surface area contributed by atoms with Gasteiger partial charge in [0.2, 0.25) is 0 Å². The second-order valence-corrected chi connectivity index (χ2v) is 6.93. The van der Waals surface area contributed by atoms with Gasteiger partial charge in [-0.3, -0.25) is 4.98 Å². The molecule has 2 nitrogen and oxygen atoms in total. The highest BCUT2D eigenvalue weighted by molar-refractivity contribution is 6.30. The second kappa shape index (κ2) is 6.58. The first-order valence-electron chi connectivity index (χ1n) is 8.49. The Labute approximate surface area is 156 Å². The van der Waals surface area contributed by atoms with Gasteiger partial charge in [0, 0.05) is 34.4 Å². The number of aromatic nitrogens is 2. The first-order chi connectivity index (χ1) is 12.5. The van der Waals surface area contributed by atoms with Gasteiger partial charge in [0.1, 0.15) is 5.82 Å². The van der Waals surface area contributed by atoms with E-state index in [0.717, 1.165) is 28.0 Å². The van der Waals surface area contributed by atoms with Crippen LogP contribution in [0.1, 0.15) is 16.8 Å². The van der Waals surface area contributed by atoms with Crippen molar-refractivity contribution in [3.05, 3.63) is 88.5 Å². The quantitative estimate of drug-likeness (QED) is 0.425. The molecule has 2 aromatic carbocycles. The van der Waals surface area contributed by atoms with Crippen molar-refractivity contribution < 1.29 is 4.39 Å².